The maximum atomic E-state index is 12.7. The second-order valence-corrected chi connectivity index (χ2v) is 5.66. The first-order chi connectivity index (χ1) is 11.6. The minimum absolute atomic E-state index is 0.0781. The zero-order chi connectivity index (χ0) is 17.1. The third-order valence-corrected chi connectivity index (χ3v) is 4.17. The summed E-state index contributed by atoms with van der Waals surface area (Å²) in [5, 5.41) is 0.721. The molecule has 4 heteroatoms. The predicted molar refractivity (Wildman–Crippen MR) is 93.4 cm³/mol. The van der Waals surface area contributed by atoms with Crippen molar-refractivity contribution in [2.45, 2.75) is 19.8 Å². The van der Waals surface area contributed by atoms with E-state index in [1.807, 2.05) is 48.5 Å². The largest absolute Gasteiger partial charge is 0.465 e. The third-order valence-electron chi connectivity index (χ3n) is 4.17. The molecule has 3 aromatic rings. The minimum atomic E-state index is -0.440. The van der Waals surface area contributed by atoms with Crippen LogP contribution in [0.4, 0.5) is 0 Å². The van der Waals surface area contributed by atoms with E-state index in [0.29, 0.717) is 11.1 Å². The van der Waals surface area contributed by atoms with E-state index in [1.54, 1.807) is 6.20 Å². The Balaban J connectivity index is 1.95. The van der Waals surface area contributed by atoms with Crippen LogP contribution < -0.4 is 0 Å². The molecule has 0 aliphatic heterocycles. The number of ether oxygens (including phenoxy) is 1. The zero-order valence-electron chi connectivity index (χ0n) is 13.8. The van der Waals surface area contributed by atoms with Crippen molar-refractivity contribution in [1.82, 2.24) is 4.57 Å². The smallest absolute Gasteiger partial charge is 0.340 e. The van der Waals surface area contributed by atoms with E-state index in [9.17, 15) is 9.59 Å². The first-order valence-electron chi connectivity index (χ1n) is 7.93. The average molecular weight is 321 g/mol. The van der Waals surface area contributed by atoms with Gasteiger partial charge in [0.1, 0.15) is 0 Å². The van der Waals surface area contributed by atoms with Gasteiger partial charge in [0.25, 0.3) is 0 Å². The highest BCUT2D eigenvalue weighted by Gasteiger charge is 2.18. The van der Waals surface area contributed by atoms with Crippen molar-refractivity contribution in [2.75, 3.05) is 7.11 Å². The van der Waals surface area contributed by atoms with Crippen LogP contribution in [0, 0.1) is 0 Å². The molecule has 1 aromatic heterocycles. The Hall–Kier alpha value is -2.88. The van der Waals surface area contributed by atoms with Gasteiger partial charge in [-0.3, -0.25) is 9.36 Å². The number of carbonyl (C=O) groups is 2. The topological polar surface area (TPSA) is 48.3 Å². The van der Waals surface area contributed by atoms with Crippen LogP contribution in [0.3, 0.4) is 0 Å². The van der Waals surface area contributed by atoms with Gasteiger partial charge in [0.05, 0.1) is 24.6 Å². The van der Waals surface area contributed by atoms with Crippen molar-refractivity contribution in [1.29, 1.82) is 0 Å². The summed E-state index contributed by atoms with van der Waals surface area (Å²) in [7, 11) is 1.34. The number of methoxy groups -OCH3 is 1. The molecule has 3 rings (SSSR count). The molecule has 0 spiro atoms. The number of benzene rings is 2. The molecular formula is C20H19NO3. The summed E-state index contributed by atoms with van der Waals surface area (Å²) in [5.74, 6) is -0.518. The van der Waals surface area contributed by atoms with Gasteiger partial charge in [-0.1, -0.05) is 49.4 Å². The highest BCUT2D eigenvalue weighted by molar-refractivity contribution is 6.07. The molecule has 0 saturated carbocycles. The van der Waals surface area contributed by atoms with Gasteiger partial charge in [-0.2, -0.15) is 0 Å². The van der Waals surface area contributed by atoms with E-state index in [-0.39, 0.29) is 12.3 Å². The molecule has 122 valence electrons. The Morgan fingerprint density at radius 2 is 1.67 bits per heavy atom. The van der Waals surface area contributed by atoms with Gasteiger partial charge in [-0.25, -0.2) is 4.79 Å². The summed E-state index contributed by atoms with van der Waals surface area (Å²) >= 11 is 0. The summed E-state index contributed by atoms with van der Waals surface area (Å²) in [4.78, 5) is 24.7. The molecule has 0 amide bonds. The first-order valence-corrected chi connectivity index (χ1v) is 7.93. The summed E-state index contributed by atoms with van der Waals surface area (Å²) in [6, 6.07) is 15.4. The van der Waals surface area contributed by atoms with Crippen LogP contribution in [0.1, 0.15) is 33.2 Å². The minimum Gasteiger partial charge on any atom is -0.465 e. The van der Waals surface area contributed by atoms with E-state index in [0.717, 1.165) is 17.4 Å². The number of para-hydroxylation sites is 1. The number of hydrogen-bond donors (Lipinski definition) is 0. The highest BCUT2D eigenvalue weighted by atomic mass is 16.5. The van der Waals surface area contributed by atoms with Crippen molar-refractivity contribution in [2.24, 2.45) is 0 Å². The van der Waals surface area contributed by atoms with E-state index >= 15 is 0 Å². The highest BCUT2D eigenvalue weighted by Crippen LogP contribution is 2.22. The normalized spacial score (nSPS) is 10.8. The second-order valence-electron chi connectivity index (χ2n) is 5.66. The average Bonchev–Trinajstić information content (AvgIpc) is 3.01. The van der Waals surface area contributed by atoms with Gasteiger partial charge >= 0.3 is 5.97 Å². The van der Waals surface area contributed by atoms with Crippen LogP contribution in [0.2, 0.25) is 0 Å². The number of esters is 1. The third kappa shape index (κ3) is 2.95. The quantitative estimate of drug-likeness (QED) is 0.685. The monoisotopic (exact) mass is 321 g/mol. The van der Waals surface area contributed by atoms with Crippen molar-refractivity contribution >= 4 is 22.8 Å². The lowest BCUT2D eigenvalue weighted by atomic mass is 10.1. The van der Waals surface area contributed by atoms with Crippen molar-refractivity contribution in [3.63, 3.8) is 0 Å². The Bertz CT molecular complexity index is 891. The standard InChI is InChI=1S/C20H19NO3/c1-3-14-8-10-15(11-9-14)12-19(22)21-13-17(20(23)24-2)16-6-4-5-7-18(16)21/h4-11,13H,3,12H2,1-2H3. The van der Waals surface area contributed by atoms with Gasteiger partial charge in [0, 0.05) is 11.6 Å². The Kier molecular flexibility index (Phi) is 4.47. The van der Waals surface area contributed by atoms with Crippen LogP contribution in [0.5, 0.6) is 0 Å². The lowest BCUT2D eigenvalue weighted by molar-refractivity contribution is 0.0603. The van der Waals surface area contributed by atoms with Crippen molar-refractivity contribution < 1.29 is 14.3 Å². The van der Waals surface area contributed by atoms with Gasteiger partial charge in [0.15, 0.2) is 0 Å². The molecule has 0 aliphatic rings. The fourth-order valence-corrected chi connectivity index (χ4v) is 2.81. The SMILES string of the molecule is CCc1ccc(CC(=O)n2cc(C(=O)OC)c3ccccc32)cc1. The zero-order valence-corrected chi connectivity index (χ0v) is 13.8. The molecule has 1 heterocycles. The molecule has 0 saturated heterocycles. The maximum absolute atomic E-state index is 12.7. The summed E-state index contributed by atoms with van der Waals surface area (Å²) in [6.07, 6.45) is 2.82. The van der Waals surface area contributed by atoms with Crippen LogP contribution >= 0.6 is 0 Å². The van der Waals surface area contributed by atoms with Gasteiger partial charge < -0.3 is 4.74 Å². The van der Waals surface area contributed by atoms with Gasteiger partial charge in [-0.05, 0) is 23.6 Å². The second kappa shape index (κ2) is 6.71. The molecule has 2 aromatic carbocycles. The molecule has 0 fully saturated rings. The molecule has 0 radical (unpaired) electrons. The summed E-state index contributed by atoms with van der Waals surface area (Å²) in [5.41, 5.74) is 3.32. The Morgan fingerprint density at radius 1 is 1.00 bits per heavy atom. The van der Waals surface area contributed by atoms with Crippen LogP contribution in [0.15, 0.2) is 54.7 Å². The van der Waals surface area contributed by atoms with Crippen LogP contribution in [-0.2, 0) is 17.6 Å². The Morgan fingerprint density at radius 3 is 2.33 bits per heavy atom. The Labute approximate surface area is 140 Å². The van der Waals surface area contributed by atoms with E-state index in [2.05, 4.69) is 6.92 Å². The lowest BCUT2D eigenvalue weighted by Crippen LogP contribution is -2.12. The number of carbonyl (C=O) groups excluding carboxylic acids is 2. The summed E-state index contributed by atoms with van der Waals surface area (Å²) in [6.45, 7) is 2.10. The van der Waals surface area contributed by atoms with Gasteiger partial charge in [0.2, 0.25) is 5.91 Å². The lowest BCUT2D eigenvalue weighted by Gasteiger charge is -2.05. The van der Waals surface area contributed by atoms with E-state index in [1.165, 1.54) is 17.2 Å². The fraction of sp³-hybridized carbons (Fsp3) is 0.200. The van der Waals surface area contributed by atoms with Crippen LogP contribution in [-0.4, -0.2) is 23.6 Å². The van der Waals surface area contributed by atoms with E-state index < -0.39 is 5.97 Å². The van der Waals surface area contributed by atoms with Crippen molar-refractivity contribution in [3.8, 4) is 0 Å². The van der Waals surface area contributed by atoms with Crippen LogP contribution in [0.25, 0.3) is 10.9 Å². The molecule has 0 unspecified atom stereocenters. The molecule has 24 heavy (non-hydrogen) atoms. The predicted octanol–water partition coefficient (Wildman–Crippen LogP) is 3.87. The molecule has 4 nitrogen and oxygen atoms in total. The molecule has 0 aliphatic carbocycles. The fourth-order valence-electron chi connectivity index (χ4n) is 2.81. The van der Waals surface area contributed by atoms with Crippen molar-refractivity contribution in [3.05, 3.63) is 71.4 Å². The van der Waals surface area contributed by atoms with E-state index in [4.69, 9.17) is 4.74 Å². The number of aromatic nitrogens is 1. The number of rotatable bonds is 4. The number of nitrogens with zero attached hydrogens (tertiary/aromatic N) is 1. The molecule has 0 N–H and O–H groups in total. The number of aryl methyl sites for hydroxylation is 1. The number of fused-ring (bicyclic) bond motifs is 1. The number of hydrogen-bond acceptors (Lipinski definition) is 3. The maximum Gasteiger partial charge on any atom is 0.340 e. The molecule has 0 bridgehead atoms. The molecule has 0 atom stereocenters. The summed E-state index contributed by atoms with van der Waals surface area (Å²) < 4.78 is 6.35. The van der Waals surface area contributed by atoms with Gasteiger partial charge in [-0.15, -0.1) is 0 Å². The molecular weight excluding hydrogens is 302 g/mol. The first kappa shape index (κ1) is 16.0.